The van der Waals surface area contributed by atoms with Crippen LogP contribution in [0.25, 0.3) is 0 Å². The molecule has 126 valence electrons. The van der Waals surface area contributed by atoms with Gasteiger partial charge in [-0.1, -0.05) is 19.8 Å². The van der Waals surface area contributed by atoms with Gasteiger partial charge in [0.15, 0.2) is 5.11 Å². The van der Waals surface area contributed by atoms with Crippen LogP contribution in [-0.2, 0) is 17.6 Å². The highest BCUT2D eigenvalue weighted by molar-refractivity contribution is 7.80. The maximum absolute atomic E-state index is 11.8. The van der Waals surface area contributed by atoms with Crippen LogP contribution in [0, 0.1) is 0 Å². The van der Waals surface area contributed by atoms with Crippen molar-refractivity contribution < 1.29 is 9.59 Å². The first-order valence-electron chi connectivity index (χ1n) is 8.08. The second-order valence-electron chi connectivity index (χ2n) is 5.74. The molecule has 7 heteroatoms. The number of carbonyl (C=O) groups excluding carboxylic acids is 2. The Labute approximate surface area is 146 Å². The maximum Gasteiger partial charge on any atom is 0.251 e. The van der Waals surface area contributed by atoms with Gasteiger partial charge < -0.3 is 16.4 Å². The number of anilines is 1. The molecule has 23 heavy (non-hydrogen) atoms. The number of thiocarbonyl (C=S) groups is 1. The molecule has 0 atom stereocenters. The van der Waals surface area contributed by atoms with E-state index in [0.29, 0.717) is 17.0 Å². The number of hydrogen-bond donors (Lipinski definition) is 3. The number of nitrogens with one attached hydrogen (secondary N) is 2. The fourth-order valence-electron chi connectivity index (χ4n) is 2.77. The SMILES string of the molecule is CCCCCC(=O)NC(=S)Nc1sc2c(c1C(N)=O)CCCC2. The first kappa shape index (κ1) is 17.9. The molecule has 4 N–H and O–H groups in total. The minimum absolute atomic E-state index is 0.0992. The van der Waals surface area contributed by atoms with E-state index in [1.54, 1.807) is 0 Å². The van der Waals surface area contributed by atoms with E-state index >= 15 is 0 Å². The molecule has 1 aliphatic carbocycles. The van der Waals surface area contributed by atoms with Crippen molar-refractivity contribution in [3.8, 4) is 0 Å². The highest BCUT2D eigenvalue weighted by Gasteiger charge is 2.24. The molecular weight excluding hydrogens is 330 g/mol. The first-order chi connectivity index (χ1) is 11.0. The molecule has 1 aromatic rings. The van der Waals surface area contributed by atoms with Crippen LogP contribution in [0.5, 0.6) is 0 Å². The van der Waals surface area contributed by atoms with Crippen LogP contribution >= 0.6 is 23.6 Å². The summed E-state index contributed by atoms with van der Waals surface area (Å²) in [6.45, 7) is 2.09. The molecule has 0 fully saturated rings. The third kappa shape index (κ3) is 4.75. The molecule has 0 aromatic carbocycles. The molecule has 2 rings (SSSR count). The molecule has 0 radical (unpaired) electrons. The Kier molecular flexibility index (Phi) is 6.53. The summed E-state index contributed by atoms with van der Waals surface area (Å²) in [4.78, 5) is 24.8. The van der Waals surface area contributed by atoms with Gasteiger partial charge in [-0.15, -0.1) is 11.3 Å². The van der Waals surface area contributed by atoms with Gasteiger partial charge in [0.05, 0.1) is 5.56 Å². The predicted molar refractivity (Wildman–Crippen MR) is 98.0 cm³/mol. The van der Waals surface area contributed by atoms with Crippen LogP contribution in [0.1, 0.15) is 66.2 Å². The molecule has 0 saturated carbocycles. The highest BCUT2D eigenvalue weighted by Crippen LogP contribution is 2.37. The summed E-state index contributed by atoms with van der Waals surface area (Å²) >= 11 is 6.71. The Bertz CT molecular complexity index is 611. The molecule has 2 amide bonds. The van der Waals surface area contributed by atoms with Crippen LogP contribution in [0.4, 0.5) is 5.00 Å². The van der Waals surface area contributed by atoms with Crippen molar-refractivity contribution in [1.82, 2.24) is 5.32 Å². The molecule has 0 unspecified atom stereocenters. The van der Waals surface area contributed by atoms with Crippen LogP contribution in [-0.4, -0.2) is 16.9 Å². The average molecular weight is 354 g/mol. The lowest BCUT2D eigenvalue weighted by molar-refractivity contribution is -0.119. The number of amides is 2. The van der Waals surface area contributed by atoms with E-state index in [0.717, 1.165) is 50.5 Å². The molecule has 1 aliphatic rings. The lowest BCUT2D eigenvalue weighted by Crippen LogP contribution is -2.34. The molecule has 0 aliphatic heterocycles. The summed E-state index contributed by atoms with van der Waals surface area (Å²) < 4.78 is 0. The lowest BCUT2D eigenvalue weighted by Gasteiger charge is -2.11. The van der Waals surface area contributed by atoms with Gasteiger partial charge in [-0.25, -0.2) is 0 Å². The van der Waals surface area contributed by atoms with E-state index in [-0.39, 0.29) is 11.0 Å². The van der Waals surface area contributed by atoms with Crippen LogP contribution in [0.3, 0.4) is 0 Å². The van der Waals surface area contributed by atoms with Crippen LogP contribution in [0.2, 0.25) is 0 Å². The molecule has 1 heterocycles. The summed E-state index contributed by atoms with van der Waals surface area (Å²) in [7, 11) is 0. The monoisotopic (exact) mass is 353 g/mol. The Balaban J connectivity index is 2.02. The number of aryl methyl sites for hydroxylation is 1. The van der Waals surface area contributed by atoms with Crippen molar-refractivity contribution in [2.75, 3.05) is 5.32 Å². The van der Waals surface area contributed by atoms with Crippen molar-refractivity contribution >= 4 is 45.5 Å². The van der Waals surface area contributed by atoms with Crippen molar-refractivity contribution in [1.29, 1.82) is 0 Å². The van der Waals surface area contributed by atoms with E-state index < -0.39 is 5.91 Å². The Hall–Kier alpha value is -1.47. The maximum atomic E-state index is 11.8. The summed E-state index contributed by atoms with van der Waals surface area (Å²) in [5.74, 6) is -0.540. The highest BCUT2D eigenvalue weighted by atomic mass is 32.1. The fraction of sp³-hybridized carbons (Fsp3) is 0.562. The zero-order valence-corrected chi connectivity index (χ0v) is 15.0. The number of carbonyl (C=O) groups is 2. The standard InChI is InChI=1S/C16H23N3O2S2/c1-2-3-4-9-12(20)18-16(22)19-15-13(14(17)21)10-7-5-6-8-11(10)23-15/h2-9H2,1H3,(H2,17,21)(H2,18,19,20,22). The summed E-state index contributed by atoms with van der Waals surface area (Å²) in [6.07, 6.45) is 7.45. The second-order valence-corrected chi connectivity index (χ2v) is 7.25. The van der Waals surface area contributed by atoms with Crippen LogP contribution in [0.15, 0.2) is 0 Å². The number of unbranched alkanes of at least 4 members (excludes halogenated alkanes) is 2. The number of rotatable bonds is 6. The van der Waals surface area contributed by atoms with Crippen molar-refractivity contribution in [2.45, 2.75) is 58.3 Å². The van der Waals surface area contributed by atoms with Gasteiger partial charge in [0.1, 0.15) is 5.00 Å². The average Bonchev–Trinajstić information content (AvgIpc) is 2.84. The molecule has 0 spiro atoms. The third-order valence-corrected chi connectivity index (χ3v) is 5.32. The molecule has 1 aromatic heterocycles. The van der Waals surface area contributed by atoms with Gasteiger partial charge in [0.25, 0.3) is 5.91 Å². The summed E-state index contributed by atoms with van der Waals surface area (Å²) in [5.41, 5.74) is 7.12. The van der Waals surface area contributed by atoms with E-state index in [2.05, 4.69) is 17.6 Å². The number of hydrogen-bond acceptors (Lipinski definition) is 4. The number of fused-ring (bicyclic) bond motifs is 1. The quantitative estimate of drug-likeness (QED) is 0.542. The molecule has 0 saturated heterocycles. The fourth-order valence-corrected chi connectivity index (χ4v) is 4.35. The van der Waals surface area contributed by atoms with Crippen molar-refractivity contribution in [3.05, 3.63) is 16.0 Å². The van der Waals surface area contributed by atoms with Crippen molar-refractivity contribution in [3.63, 3.8) is 0 Å². The molecule has 0 bridgehead atoms. The number of thiophene rings is 1. The normalized spacial score (nSPS) is 13.3. The van der Waals surface area contributed by atoms with Crippen LogP contribution < -0.4 is 16.4 Å². The van der Waals surface area contributed by atoms with Gasteiger partial charge in [-0.2, -0.15) is 0 Å². The van der Waals surface area contributed by atoms with E-state index in [4.69, 9.17) is 18.0 Å². The largest absolute Gasteiger partial charge is 0.365 e. The second kappa shape index (κ2) is 8.40. The Morgan fingerprint density at radius 1 is 1.26 bits per heavy atom. The Morgan fingerprint density at radius 2 is 2.00 bits per heavy atom. The number of nitrogens with two attached hydrogens (primary N) is 1. The van der Waals surface area contributed by atoms with Gasteiger partial charge in [0, 0.05) is 11.3 Å². The van der Waals surface area contributed by atoms with E-state index in [9.17, 15) is 9.59 Å². The topological polar surface area (TPSA) is 84.2 Å². The van der Waals surface area contributed by atoms with Crippen molar-refractivity contribution in [2.24, 2.45) is 5.73 Å². The van der Waals surface area contributed by atoms with Gasteiger partial charge in [-0.05, 0) is 49.9 Å². The summed E-state index contributed by atoms with van der Waals surface area (Å²) in [5, 5.41) is 6.54. The smallest absolute Gasteiger partial charge is 0.251 e. The van der Waals surface area contributed by atoms with Gasteiger partial charge in [-0.3, -0.25) is 9.59 Å². The zero-order valence-electron chi connectivity index (χ0n) is 13.4. The minimum atomic E-state index is -0.441. The first-order valence-corrected chi connectivity index (χ1v) is 9.30. The Morgan fingerprint density at radius 3 is 2.70 bits per heavy atom. The zero-order chi connectivity index (χ0) is 16.8. The molecular formula is C16H23N3O2S2. The lowest BCUT2D eigenvalue weighted by atomic mass is 9.95. The molecule has 5 nitrogen and oxygen atoms in total. The number of primary amides is 1. The van der Waals surface area contributed by atoms with E-state index in [1.807, 2.05) is 0 Å². The predicted octanol–water partition coefficient (Wildman–Crippen LogP) is 3.12. The minimum Gasteiger partial charge on any atom is -0.365 e. The van der Waals surface area contributed by atoms with Gasteiger partial charge >= 0.3 is 0 Å². The summed E-state index contributed by atoms with van der Waals surface area (Å²) in [6, 6.07) is 0. The van der Waals surface area contributed by atoms with Gasteiger partial charge in [0.2, 0.25) is 5.91 Å². The van der Waals surface area contributed by atoms with E-state index in [1.165, 1.54) is 16.2 Å². The third-order valence-electron chi connectivity index (χ3n) is 3.91.